The molecule has 4 rings (SSSR count). The molecule has 2 aromatic carbocycles. The van der Waals surface area contributed by atoms with Crippen LogP contribution in [-0.4, -0.2) is 27.5 Å². The Balaban J connectivity index is 1.84. The minimum absolute atomic E-state index is 0.0429. The number of benzene rings is 2. The van der Waals surface area contributed by atoms with Crippen molar-refractivity contribution in [2.45, 2.75) is 32.7 Å². The van der Waals surface area contributed by atoms with Crippen LogP contribution in [0.5, 0.6) is 0 Å². The second-order valence-corrected chi connectivity index (χ2v) is 7.03. The predicted molar refractivity (Wildman–Crippen MR) is 103 cm³/mol. The second-order valence-electron chi connectivity index (χ2n) is 7.03. The van der Waals surface area contributed by atoms with Crippen LogP contribution in [0.2, 0.25) is 0 Å². The van der Waals surface area contributed by atoms with Crippen molar-refractivity contribution in [1.29, 1.82) is 0 Å². The number of carbonyl (C=O) groups is 1. The SMILES string of the molecule is CCCCN1C(=O)c2[nH]nc(-c3ccc(C)cc3)c2C1c1ccc(F)cc1. The van der Waals surface area contributed by atoms with Crippen LogP contribution in [0.4, 0.5) is 4.39 Å². The number of aromatic nitrogens is 2. The Morgan fingerprint density at radius 3 is 2.48 bits per heavy atom. The topological polar surface area (TPSA) is 49.0 Å². The fourth-order valence-corrected chi connectivity index (χ4v) is 3.68. The molecular weight excluding hydrogens is 341 g/mol. The lowest BCUT2D eigenvalue weighted by molar-refractivity contribution is 0.0741. The molecule has 1 atom stereocenters. The standard InChI is InChI=1S/C22H22FN3O/c1-3-4-13-26-21(16-9-11-17(23)12-10-16)18-19(24-25-20(18)22(26)27)15-7-5-14(2)6-8-15/h5-12,21H,3-4,13H2,1-2H3,(H,24,25). The van der Waals surface area contributed by atoms with Gasteiger partial charge in [0.2, 0.25) is 0 Å². The molecule has 0 saturated heterocycles. The van der Waals surface area contributed by atoms with E-state index in [0.29, 0.717) is 12.2 Å². The Morgan fingerprint density at radius 1 is 1.11 bits per heavy atom. The number of H-pyrrole nitrogens is 1. The van der Waals surface area contributed by atoms with Gasteiger partial charge in [-0.05, 0) is 31.0 Å². The molecule has 0 radical (unpaired) electrons. The van der Waals surface area contributed by atoms with Crippen LogP contribution in [0.25, 0.3) is 11.3 Å². The minimum Gasteiger partial charge on any atom is -0.326 e. The van der Waals surface area contributed by atoms with Crippen molar-refractivity contribution in [2.75, 3.05) is 6.54 Å². The number of amides is 1. The number of hydrogen-bond acceptors (Lipinski definition) is 2. The van der Waals surface area contributed by atoms with Crippen molar-refractivity contribution < 1.29 is 9.18 Å². The first kappa shape index (κ1) is 17.5. The first-order valence-corrected chi connectivity index (χ1v) is 9.32. The van der Waals surface area contributed by atoms with Crippen molar-refractivity contribution in [1.82, 2.24) is 15.1 Å². The maximum Gasteiger partial charge on any atom is 0.273 e. The number of nitrogens with zero attached hydrogens (tertiary/aromatic N) is 2. The van der Waals surface area contributed by atoms with Gasteiger partial charge in [-0.3, -0.25) is 9.89 Å². The van der Waals surface area contributed by atoms with E-state index in [9.17, 15) is 9.18 Å². The molecule has 0 aliphatic carbocycles. The molecule has 138 valence electrons. The van der Waals surface area contributed by atoms with Gasteiger partial charge in [0.1, 0.15) is 11.5 Å². The minimum atomic E-state index is -0.283. The van der Waals surface area contributed by atoms with Crippen molar-refractivity contribution in [3.8, 4) is 11.3 Å². The van der Waals surface area contributed by atoms with E-state index < -0.39 is 0 Å². The lowest BCUT2D eigenvalue weighted by Crippen LogP contribution is -2.30. The molecule has 5 heteroatoms. The quantitative estimate of drug-likeness (QED) is 0.703. The van der Waals surface area contributed by atoms with Crippen LogP contribution in [-0.2, 0) is 0 Å². The van der Waals surface area contributed by atoms with Crippen LogP contribution < -0.4 is 0 Å². The van der Waals surface area contributed by atoms with E-state index in [2.05, 4.69) is 17.1 Å². The van der Waals surface area contributed by atoms with E-state index in [1.165, 1.54) is 17.7 Å². The number of halogens is 1. The summed E-state index contributed by atoms with van der Waals surface area (Å²) in [6.07, 6.45) is 1.91. The van der Waals surface area contributed by atoms with Crippen LogP contribution in [0.15, 0.2) is 48.5 Å². The summed E-state index contributed by atoms with van der Waals surface area (Å²) in [5.41, 5.74) is 5.24. The zero-order valence-corrected chi connectivity index (χ0v) is 15.5. The summed E-state index contributed by atoms with van der Waals surface area (Å²) in [6.45, 7) is 4.80. The second kappa shape index (κ2) is 6.99. The van der Waals surface area contributed by atoms with Gasteiger partial charge in [-0.2, -0.15) is 5.10 Å². The highest BCUT2D eigenvalue weighted by molar-refractivity contribution is 6.00. The molecule has 4 nitrogen and oxygen atoms in total. The number of unbranched alkanes of at least 4 members (excludes halogenated alkanes) is 1. The van der Waals surface area contributed by atoms with E-state index in [1.54, 1.807) is 12.1 Å². The van der Waals surface area contributed by atoms with Gasteiger partial charge in [-0.1, -0.05) is 55.3 Å². The molecule has 3 aromatic rings. The van der Waals surface area contributed by atoms with E-state index in [4.69, 9.17) is 0 Å². The van der Waals surface area contributed by atoms with Gasteiger partial charge >= 0.3 is 0 Å². The van der Waals surface area contributed by atoms with Crippen molar-refractivity contribution >= 4 is 5.91 Å². The zero-order valence-electron chi connectivity index (χ0n) is 15.5. The van der Waals surface area contributed by atoms with E-state index >= 15 is 0 Å². The predicted octanol–water partition coefficient (Wildman–Crippen LogP) is 4.87. The summed E-state index contributed by atoms with van der Waals surface area (Å²) in [5, 5.41) is 7.40. The average Bonchev–Trinajstić information content (AvgIpc) is 3.21. The molecule has 27 heavy (non-hydrogen) atoms. The lowest BCUT2D eigenvalue weighted by atomic mass is 9.95. The van der Waals surface area contributed by atoms with Crippen LogP contribution in [0, 0.1) is 12.7 Å². The molecule has 1 unspecified atom stereocenters. The number of aromatic amines is 1. The molecule has 1 aliphatic rings. The zero-order chi connectivity index (χ0) is 19.0. The Bertz CT molecular complexity index is 960. The van der Waals surface area contributed by atoms with Gasteiger partial charge in [0, 0.05) is 17.7 Å². The molecule has 2 heterocycles. The van der Waals surface area contributed by atoms with Gasteiger partial charge in [0.15, 0.2) is 0 Å². The smallest absolute Gasteiger partial charge is 0.273 e. The normalized spacial score (nSPS) is 16.0. The highest BCUT2D eigenvalue weighted by Gasteiger charge is 2.41. The molecule has 1 aliphatic heterocycles. The lowest BCUT2D eigenvalue weighted by Gasteiger charge is -2.26. The Morgan fingerprint density at radius 2 is 1.81 bits per heavy atom. The first-order chi connectivity index (χ1) is 13.1. The maximum atomic E-state index is 13.5. The summed E-state index contributed by atoms with van der Waals surface area (Å²) in [7, 11) is 0. The molecule has 0 saturated carbocycles. The van der Waals surface area contributed by atoms with Crippen LogP contribution >= 0.6 is 0 Å². The van der Waals surface area contributed by atoms with Crippen molar-refractivity contribution in [2.24, 2.45) is 0 Å². The molecule has 0 bridgehead atoms. The van der Waals surface area contributed by atoms with Gasteiger partial charge < -0.3 is 4.90 Å². The van der Waals surface area contributed by atoms with E-state index in [1.807, 2.05) is 36.1 Å². The third-order valence-electron chi connectivity index (χ3n) is 5.13. The Hall–Kier alpha value is -2.95. The monoisotopic (exact) mass is 363 g/mol. The number of aryl methyl sites for hydroxylation is 1. The van der Waals surface area contributed by atoms with Crippen molar-refractivity contribution in [3.05, 3.63) is 76.7 Å². The van der Waals surface area contributed by atoms with Gasteiger partial charge in [-0.15, -0.1) is 0 Å². The Kier molecular flexibility index (Phi) is 4.52. The summed E-state index contributed by atoms with van der Waals surface area (Å²) < 4.78 is 13.5. The number of rotatable bonds is 5. The molecule has 1 aromatic heterocycles. The van der Waals surface area contributed by atoms with Crippen molar-refractivity contribution in [3.63, 3.8) is 0 Å². The summed E-state index contributed by atoms with van der Waals surface area (Å²) >= 11 is 0. The molecule has 1 amide bonds. The number of carbonyl (C=O) groups excluding carboxylic acids is 1. The molecular formula is C22H22FN3O. The van der Waals surface area contributed by atoms with Gasteiger partial charge in [-0.25, -0.2) is 4.39 Å². The van der Waals surface area contributed by atoms with Gasteiger partial charge in [0.05, 0.1) is 11.7 Å². The average molecular weight is 363 g/mol. The first-order valence-electron chi connectivity index (χ1n) is 9.32. The highest BCUT2D eigenvalue weighted by atomic mass is 19.1. The third kappa shape index (κ3) is 3.03. The number of nitrogens with one attached hydrogen (secondary N) is 1. The summed E-state index contributed by atoms with van der Waals surface area (Å²) in [5.74, 6) is -0.326. The summed E-state index contributed by atoms with van der Waals surface area (Å²) in [4.78, 5) is 14.9. The third-order valence-corrected chi connectivity index (χ3v) is 5.13. The van der Waals surface area contributed by atoms with Crippen LogP contribution in [0.1, 0.15) is 53.0 Å². The van der Waals surface area contributed by atoms with Gasteiger partial charge in [0.25, 0.3) is 5.91 Å². The summed E-state index contributed by atoms with van der Waals surface area (Å²) in [6, 6.07) is 14.3. The fraction of sp³-hybridized carbons (Fsp3) is 0.273. The van der Waals surface area contributed by atoms with Crippen LogP contribution in [0.3, 0.4) is 0 Å². The number of fused-ring (bicyclic) bond motifs is 1. The highest BCUT2D eigenvalue weighted by Crippen LogP contribution is 2.42. The molecule has 0 spiro atoms. The largest absolute Gasteiger partial charge is 0.326 e. The van der Waals surface area contributed by atoms with E-state index in [-0.39, 0.29) is 17.8 Å². The maximum absolute atomic E-state index is 13.5. The molecule has 1 N–H and O–H groups in total. The number of hydrogen-bond donors (Lipinski definition) is 1. The fourth-order valence-electron chi connectivity index (χ4n) is 3.68. The van der Waals surface area contributed by atoms with E-state index in [0.717, 1.165) is 35.2 Å². The molecule has 0 fully saturated rings. The Labute approximate surface area is 158 Å².